The van der Waals surface area contributed by atoms with Crippen molar-refractivity contribution in [1.82, 2.24) is 10.3 Å². The quantitative estimate of drug-likeness (QED) is 0.798. The Balaban J connectivity index is 2.77. The third kappa shape index (κ3) is 3.66. The number of aliphatic hydroxyl groups is 1. The smallest absolute Gasteiger partial charge is 0.271 e. The molecule has 0 aliphatic rings. The average Bonchev–Trinajstić information content (AvgIpc) is 2.18. The number of nitrogens with one attached hydrogen (secondary N) is 1. The van der Waals surface area contributed by atoms with E-state index in [1.165, 1.54) is 12.1 Å². The Bertz CT molecular complexity index is 369. The molecule has 1 aromatic rings. The summed E-state index contributed by atoms with van der Waals surface area (Å²) in [7, 11) is 0. The van der Waals surface area contributed by atoms with Gasteiger partial charge in [-0.15, -0.1) is 0 Å². The van der Waals surface area contributed by atoms with E-state index in [0.29, 0.717) is 0 Å². The number of hydrogen-bond acceptors (Lipinski definition) is 3. The molecular weight excluding hydrogens is 239 g/mol. The highest BCUT2D eigenvalue weighted by atomic mass is 35.5. The van der Waals surface area contributed by atoms with Crippen LogP contribution in [0.2, 0.25) is 10.2 Å². The number of aromatic nitrogens is 1. The van der Waals surface area contributed by atoms with Crippen molar-refractivity contribution in [3.8, 4) is 0 Å². The average molecular weight is 249 g/mol. The van der Waals surface area contributed by atoms with E-state index in [4.69, 9.17) is 28.3 Å². The van der Waals surface area contributed by atoms with Crippen LogP contribution >= 0.6 is 23.2 Å². The van der Waals surface area contributed by atoms with Gasteiger partial charge in [-0.2, -0.15) is 0 Å². The van der Waals surface area contributed by atoms with Crippen LogP contribution in [0.5, 0.6) is 0 Å². The number of carbonyl (C=O) groups is 1. The fraction of sp³-hybridized carbons (Fsp3) is 0.333. The second-order valence-electron chi connectivity index (χ2n) is 3.02. The van der Waals surface area contributed by atoms with E-state index in [9.17, 15) is 4.79 Å². The minimum atomic E-state index is -0.619. The summed E-state index contributed by atoms with van der Waals surface area (Å²) < 4.78 is 0. The molecule has 0 radical (unpaired) electrons. The molecule has 0 aliphatic heterocycles. The Labute approximate surface area is 97.2 Å². The Hall–Kier alpha value is -0.840. The first-order chi connectivity index (χ1) is 7.00. The topological polar surface area (TPSA) is 62.2 Å². The van der Waals surface area contributed by atoms with Gasteiger partial charge < -0.3 is 10.4 Å². The fourth-order valence-corrected chi connectivity index (χ4v) is 1.24. The van der Waals surface area contributed by atoms with Gasteiger partial charge in [0.25, 0.3) is 5.91 Å². The van der Waals surface area contributed by atoms with Crippen molar-refractivity contribution in [2.24, 2.45) is 0 Å². The molecule has 0 fully saturated rings. The maximum Gasteiger partial charge on any atom is 0.271 e. The molecule has 1 rings (SSSR count). The van der Waals surface area contributed by atoms with E-state index in [1.807, 2.05) is 0 Å². The zero-order valence-electron chi connectivity index (χ0n) is 8.00. The summed E-state index contributed by atoms with van der Waals surface area (Å²) in [6.07, 6.45) is -0.619. The van der Waals surface area contributed by atoms with Gasteiger partial charge in [0, 0.05) is 6.54 Å². The number of rotatable bonds is 3. The number of nitrogens with zero attached hydrogens (tertiary/aromatic N) is 1. The van der Waals surface area contributed by atoms with Crippen molar-refractivity contribution in [3.63, 3.8) is 0 Å². The molecule has 1 aromatic heterocycles. The molecule has 1 amide bonds. The van der Waals surface area contributed by atoms with Gasteiger partial charge in [-0.25, -0.2) is 4.98 Å². The van der Waals surface area contributed by atoms with Crippen molar-refractivity contribution in [1.29, 1.82) is 0 Å². The minimum absolute atomic E-state index is 0.0600. The molecule has 1 heterocycles. The van der Waals surface area contributed by atoms with E-state index in [2.05, 4.69) is 10.3 Å². The van der Waals surface area contributed by atoms with Crippen LogP contribution in [0.4, 0.5) is 0 Å². The van der Waals surface area contributed by atoms with Crippen molar-refractivity contribution < 1.29 is 9.90 Å². The normalized spacial score (nSPS) is 12.3. The molecule has 15 heavy (non-hydrogen) atoms. The molecule has 0 aromatic carbocycles. The van der Waals surface area contributed by atoms with Gasteiger partial charge in [0.05, 0.1) is 11.1 Å². The fourth-order valence-electron chi connectivity index (χ4n) is 0.902. The van der Waals surface area contributed by atoms with Gasteiger partial charge in [0.15, 0.2) is 0 Å². The summed E-state index contributed by atoms with van der Waals surface area (Å²) >= 11 is 11.4. The molecule has 0 saturated carbocycles. The van der Waals surface area contributed by atoms with Gasteiger partial charge in [0.1, 0.15) is 10.8 Å². The lowest BCUT2D eigenvalue weighted by Crippen LogP contribution is -2.31. The highest BCUT2D eigenvalue weighted by Crippen LogP contribution is 2.16. The summed E-state index contributed by atoms with van der Waals surface area (Å²) in [5, 5.41) is 11.9. The first kappa shape index (κ1) is 12.2. The van der Waals surface area contributed by atoms with Gasteiger partial charge in [-0.1, -0.05) is 23.2 Å². The summed E-state index contributed by atoms with van der Waals surface area (Å²) in [6.45, 7) is 1.71. The van der Waals surface area contributed by atoms with Crippen LogP contribution < -0.4 is 5.32 Å². The van der Waals surface area contributed by atoms with Gasteiger partial charge in [0.2, 0.25) is 0 Å². The second kappa shape index (κ2) is 5.30. The second-order valence-corrected chi connectivity index (χ2v) is 3.82. The van der Waals surface area contributed by atoms with E-state index in [-0.39, 0.29) is 22.4 Å². The lowest BCUT2D eigenvalue weighted by atomic mass is 10.3. The lowest BCUT2D eigenvalue weighted by Gasteiger charge is -2.07. The van der Waals surface area contributed by atoms with Crippen LogP contribution in [0.15, 0.2) is 12.1 Å². The number of pyridine rings is 1. The standard InChI is InChI=1S/C9H10Cl2N2O2/c1-5(14)4-12-9(15)8-6(10)2-3-7(11)13-8/h2-3,5,14H,4H2,1H3,(H,12,15)/t5-/m0/s1. The number of aliphatic hydroxyl groups excluding tert-OH is 1. The predicted octanol–water partition coefficient (Wildman–Crippen LogP) is 1.50. The Morgan fingerprint density at radius 1 is 1.60 bits per heavy atom. The van der Waals surface area contributed by atoms with E-state index in [1.54, 1.807) is 6.92 Å². The summed E-state index contributed by atoms with van der Waals surface area (Å²) in [6, 6.07) is 2.99. The van der Waals surface area contributed by atoms with Gasteiger partial charge in [-0.05, 0) is 19.1 Å². The zero-order valence-corrected chi connectivity index (χ0v) is 9.51. The number of carbonyl (C=O) groups excluding carboxylic acids is 1. The predicted molar refractivity (Wildman–Crippen MR) is 58.3 cm³/mol. The number of halogens is 2. The van der Waals surface area contributed by atoms with E-state index >= 15 is 0 Å². The van der Waals surface area contributed by atoms with Crippen LogP contribution in [-0.2, 0) is 0 Å². The Morgan fingerprint density at radius 2 is 2.27 bits per heavy atom. The zero-order chi connectivity index (χ0) is 11.4. The lowest BCUT2D eigenvalue weighted by molar-refractivity contribution is 0.0919. The third-order valence-corrected chi connectivity index (χ3v) is 2.10. The van der Waals surface area contributed by atoms with Crippen LogP contribution in [0.25, 0.3) is 0 Å². The van der Waals surface area contributed by atoms with Crippen molar-refractivity contribution in [2.45, 2.75) is 13.0 Å². The van der Waals surface area contributed by atoms with E-state index in [0.717, 1.165) is 0 Å². The molecule has 1 atom stereocenters. The molecule has 0 bridgehead atoms. The Kier molecular flexibility index (Phi) is 4.32. The van der Waals surface area contributed by atoms with Crippen molar-refractivity contribution in [2.75, 3.05) is 6.54 Å². The Morgan fingerprint density at radius 3 is 2.87 bits per heavy atom. The van der Waals surface area contributed by atoms with Gasteiger partial charge in [-0.3, -0.25) is 4.79 Å². The van der Waals surface area contributed by atoms with E-state index < -0.39 is 12.0 Å². The molecule has 0 saturated heterocycles. The monoisotopic (exact) mass is 248 g/mol. The van der Waals surface area contributed by atoms with Crippen molar-refractivity contribution in [3.05, 3.63) is 28.0 Å². The molecule has 4 nitrogen and oxygen atoms in total. The van der Waals surface area contributed by atoms with Crippen LogP contribution in [0, 0.1) is 0 Å². The highest BCUT2D eigenvalue weighted by Gasteiger charge is 2.12. The highest BCUT2D eigenvalue weighted by molar-refractivity contribution is 6.34. The summed E-state index contributed by atoms with van der Waals surface area (Å²) in [4.78, 5) is 15.3. The van der Waals surface area contributed by atoms with Crippen LogP contribution in [0.3, 0.4) is 0 Å². The number of amides is 1. The number of hydrogen-bond donors (Lipinski definition) is 2. The largest absolute Gasteiger partial charge is 0.392 e. The molecule has 0 unspecified atom stereocenters. The summed E-state index contributed by atoms with van der Waals surface area (Å²) in [5.74, 6) is -0.455. The molecule has 0 spiro atoms. The third-order valence-electron chi connectivity index (χ3n) is 1.59. The van der Waals surface area contributed by atoms with Crippen molar-refractivity contribution >= 4 is 29.1 Å². The SMILES string of the molecule is C[C@H](O)CNC(=O)c1nc(Cl)ccc1Cl. The van der Waals surface area contributed by atoms with Crippen LogP contribution in [-0.4, -0.2) is 28.6 Å². The minimum Gasteiger partial charge on any atom is -0.392 e. The maximum atomic E-state index is 11.5. The molecule has 2 N–H and O–H groups in total. The van der Waals surface area contributed by atoms with Gasteiger partial charge >= 0.3 is 0 Å². The molecular formula is C9H10Cl2N2O2. The maximum absolute atomic E-state index is 11.5. The molecule has 82 valence electrons. The van der Waals surface area contributed by atoms with Crippen LogP contribution in [0.1, 0.15) is 17.4 Å². The molecule has 6 heteroatoms. The first-order valence-electron chi connectivity index (χ1n) is 4.29. The summed E-state index contributed by atoms with van der Waals surface area (Å²) in [5.41, 5.74) is 0.0600. The first-order valence-corrected chi connectivity index (χ1v) is 5.04. The molecule has 0 aliphatic carbocycles.